The number of ether oxygens (including phenoxy) is 2. The zero-order valence-corrected chi connectivity index (χ0v) is 11.1. The molecule has 104 valence electrons. The van der Waals surface area contributed by atoms with Crippen molar-refractivity contribution in [2.75, 3.05) is 13.7 Å². The van der Waals surface area contributed by atoms with E-state index in [1.807, 2.05) is 30.3 Å². The third kappa shape index (κ3) is 3.57. The lowest BCUT2D eigenvalue weighted by molar-refractivity contribution is 0.0596. The Morgan fingerprint density at radius 1 is 1.15 bits per heavy atom. The molecule has 0 aromatic heterocycles. The van der Waals surface area contributed by atoms with Crippen molar-refractivity contribution >= 4 is 5.97 Å². The summed E-state index contributed by atoms with van der Waals surface area (Å²) in [6.45, 7) is 0.359. The van der Waals surface area contributed by atoms with E-state index in [4.69, 9.17) is 4.74 Å². The molecule has 0 spiro atoms. The first-order valence-corrected chi connectivity index (χ1v) is 6.25. The third-order valence-electron chi connectivity index (χ3n) is 2.84. The maximum absolute atomic E-state index is 13.2. The first-order chi connectivity index (χ1) is 9.70. The van der Waals surface area contributed by atoms with Crippen LogP contribution < -0.4 is 4.74 Å². The number of halogens is 1. The largest absolute Gasteiger partial charge is 0.492 e. The first kappa shape index (κ1) is 14.1. The standard InChI is InChI=1S/C16H15FO3/c1-19-16(18)14-8-7-13(17)11-15(14)20-10-9-12-5-3-2-4-6-12/h2-8,11H,9-10H2,1H3. The van der Waals surface area contributed by atoms with Crippen LogP contribution in [0.25, 0.3) is 0 Å². The number of benzene rings is 2. The molecule has 0 saturated carbocycles. The normalized spacial score (nSPS) is 10.1. The Morgan fingerprint density at radius 2 is 1.90 bits per heavy atom. The van der Waals surface area contributed by atoms with Crippen LogP contribution in [0.2, 0.25) is 0 Å². The number of hydrogen-bond donors (Lipinski definition) is 0. The van der Waals surface area contributed by atoms with E-state index in [1.165, 1.54) is 25.3 Å². The maximum Gasteiger partial charge on any atom is 0.341 e. The van der Waals surface area contributed by atoms with E-state index >= 15 is 0 Å². The minimum absolute atomic E-state index is 0.202. The van der Waals surface area contributed by atoms with E-state index in [-0.39, 0.29) is 11.3 Å². The van der Waals surface area contributed by atoms with Gasteiger partial charge in [-0.2, -0.15) is 0 Å². The molecule has 4 heteroatoms. The topological polar surface area (TPSA) is 35.5 Å². The van der Waals surface area contributed by atoms with Gasteiger partial charge in [-0.25, -0.2) is 9.18 Å². The van der Waals surface area contributed by atoms with Gasteiger partial charge in [-0.3, -0.25) is 0 Å². The predicted octanol–water partition coefficient (Wildman–Crippen LogP) is 3.23. The molecule has 0 unspecified atom stereocenters. The molecule has 3 nitrogen and oxygen atoms in total. The Morgan fingerprint density at radius 3 is 2.60 bits per heavy atom. The molecule has 2 aromatic carbocycles. The summed E-state index contributed by atoms with van der Waals surface area (Å²) < 4.78 is 23.4. The molecule has 0 aliphatic carbocycles. The smallest absolute Gasteiger partial charge is 0.341 e. The van der Waals surface area contributed by atoms with Gasteiger partial charge in [0.25, 0.3) is 0 Å². The van der Waals surface area contributed by atoms with Crippen LogP contribution in [-0.4, -0.2) is 19.7 Å². The highest BCUT2D eigenvalue weighted by Gasteiger charge is 2.13. The van der Waals surface area contributed by atoms with E-state index in [1.54, 1.807) is 0 Å². The fourth-order valence-electron chi connectivity index (χ4n) is 1.82. The highest BCUT2D eigenvalue weighted by molar-refractivity contribution is 5.92. The lowest BCUT2D eigenvalue weighted by Crippen LogP contribution is -2.08. The van der Waals surface area contributed by atoms with Gasteiger partial charge in [-0.05, 0) is 17.7 Å². The molecule has 0 amide bonds. The monoisotopic (exact) mass is 274 g/mol. The second-order valence-electron chi connectivity index (χ2n) is 4.22. The Bertz CT molecular complexity index is 582. The summed E-state index contributed by atoms with van der Waals surface area (Å²) in [6, 6.07) is 13.5. The molecular weight excluding hydrogens is 259 g/mol. The number of hydrogen-bond acceptors (Lipinski definition) is 3. The molecule has 0 atom stereocenters. The molecule has 2 rings (SSSR count). The molecule has 0 aliphatic heterocycles. The first-order valence-electron chi connectivity index (χ1n) is 6.25. The number of carbonyl (C=O) groups is 1. The van der Waals surface area contributed by atoms with Crippen molar-refractivity contribution in [3.63, 3.8) is 0 Å². The SMILES string of the molecule is COC(=O)c1ccc(F)cc1OCCc1ccccc1. The second kappa shape index (κ2) is 6.70. The van der Waals surface area contributed by atoms with E-state index in [2.05, 4.69) is 4.74 Å². The molecule has 0 bridgehead atoms. The Balaban J connectivity index is 2.05. The summed E-state index contributed by atoms with van der Waals surface area (Å²) in [7, 11) is 1.28. The summed E-state index contributed by atoms with van der Waals surface area (Å²) in [6.07, 6.45) is 0.679. The predicted molar refractivity (Wildman–Crippen MR) is 73.4 cm³/mol. The van der Waals surface area contributed by atoms with E-state index in [9.17, 15) is 9.18 Å². The minimum Gasteiger partial charge on any atom is -0.492 e. The number of rotatable bonds is 5. The molecule has 0 saturated heterocycles. The third-order valence-corrected chi connectivity index (χ3v) is 2.84. The fraction of sp³-hybridized carbons (Fsp3) is 0.188. The van der Waals surface area contributed by atoms with Crippen molar-refractivity contribution in [3.8, 4) is 5.75 Å². The van der Waals surface area contributed by atoms with Gasteiger partial charge in [0, 0.05) is 12.5 Å². The van der Waals surface area contributed by atoms with Gasteiger partial charge in [0.15, 0.2) is 0 Å². The lowest BCUT2D eigenvalue weighted by Gasteiger charge is -2.10. The number of methoxy groups -OCH3 is 1. The van der Waals surface area contributed by atoms with Crippen LogP contribution in [0.1, 0.15) is 15.9 Å². The van der Waals surface area contributed by atoms with Crippen LogP contribution >= 0.6 is 0 Å². The lowest BCUT2D eigenvalue weighted by atomic mass is 10.1. The average molecular weight is 274 g/mol. The van der Waals surface area contributed by atoms with Crippen LogP contribution in [0.5, 0.6) is 5.75 Å². The molecule has 20 heavy (non-hydrogen) atoms. The van der Waals surface area contributed by atoms with Gasteiger partial charge in [0.1, 0.15) is 17.1 Å². The number of esters is 1. The van der Waals surface area contributed by atoms with Crippen LogP contribution in [-0.2, 0) is 11.2 Å². The molecule has 0 N–H and O–H groups in total. The average Bonchev–Trinajstić information content (AvgIpc) is 2.48. The van der Waals surface area contributed by atoms with Crippen LogP contribution in [0.3, 0.4) is 0 Å². The van der Waals surface area contributed by atoms with Gasteiger partial charge in [0.2, 0.25) is 0 Å². The Hall–Kier alpha value is -2.36. The summed E-state index contributed by atoms with van der Waals surface area (Å²) in [5.41, 5.74) is 1.34. The summed E-state index contributed by atoms with van der Waals surface area (Å²) in [5, 5.41) is 0. The quantitative estimate of drug-likeness (QED) is 0.785. The molecule has 0 heterocycles. The van der Waals surface area contributed by atoms with E-state index in [0.29, 0.717) is 13.0 Å². The summed E-state index contributed by atoms with van der Waals surface area (Å²) in [5.74, 6) is -0.792. The number of carbonyl (C=O) groups excluding carboxylic acids is 1. The van der Waals surface area contributed by atoms with Gasteiger partial charge >= 0.3 is 5.97 Å². The Labute approximate surface area is 117 Å². The van der Waals surface area contributed by atoms with Crippen molar-refractivity contribution < 1.29 is 18.7 Å². The van der Waals surface area contributed by atoms with Gasteiger partial charge in [-0.15, -0.1) is 0 Å². The fourth-order valence-corrected chi connectivity index (χ4v) is 1.82. The van der Waals surface area contributed by atoms with Crippen molar-refractivity contribution in [3.05, 3.63) is 65.5 Å². The zero-order chi connectivity index (χ0) is 14.4. The summed E-state index contributed by atoms with van der Waals surface area (Å²) >= 11 is 0. The van der Waals surface area contributed by atoms with Crippen LogP contribution in [0.15, 0.2) is 48.5 Å². The molecule has 0 aliphatic rings. The minimum atomic E-state index is -0.542. The molecule has 0 fully saturated rings. The van der Waals surface area contributed by atoms with Gasteiger partial charge in [0.05, 0.1) is 13.7 Å². The van der Waals surface area contributed by atoms with Crippen molar-refractivity contribution in [1.29, 1.82) is 0 Å². The van der Waals surface area contributed by atoms with Crippen LogP contribution in [0.4, 0.5) is 4.39 Å². The van der Waals surface area contributed by atoms with Crippen molar-refractivity contribution in [1.82, 2.24) is 0 Å². The molecule has 2 aromatic rings. The highest BCUT2D eigenvalue weighted by atomic mass is 19.1. The Kier molecular flexibility index (Phi) is 4.71. The summed E-state index contributed by atoms with van der Waals surface area (Å²) in [4.78, 5) is 11.6. The molecule has 0 radical (unpaired) electrons. The van der Waals surface area contributed by atoms with Gasteiger partial charge < -0.3 is 9.47 Å². The second-order valence-corrected chi connectivity index (χ2v) is 4.22. The van der Waals surface area contributed by atoms with E-state index in [0.717, 1.165) is 5.56 Å². The van der Waals surface area contributed by atoms with E-state index < -0.39 is 11.8 Å². The van der Waals surface area contributed by atoms with Crippen molar-refractivity contribution in [2.45, 2.75) is 6.42 Å². The van der Waals surface area contributed by atoms with Gasteiger partial charge in [-0.1, -0.05) is 30.3 Å². The van der Waals surface area contributed by atoms with Crippen LogP contribution in [0, 0.1) is 5.82 Å². The molecular formula is C16H15FO3. The van der Waals surface area contributed by atoms with Crippen molar-refractivity contribution in [2.24, 2.45) is 0 Å². The zero-order valence-electron chi connectivity index (χ0n) is 11.1. The highest BCUT2D eigenvalue weighted by Crippen LogP contribution is 2.21. The maximum atomic E-state index is 13.2.